The van der Waals surface area contributed by atoms with Gasteiger partial charge in [-0.3, -0.25) is 0 Å². The van der Waals surface area contributed by atoms with Crippen LogP contribution in [0.25, 0.3) is 0 Å². The van der Waals surface area contributed by atoms with Crippen molar-refractivity contribution in [3.05, 3.63) is 29.8 Å². The minimum absolute atomic E-state index is 0. The van der Waals surface area contributed by atoms with Crippen LogP contribution in [-0.2, 0) is 0 Å². The Labute approximate surface area is 103 Å². The molecule has 0 fully saturated rings. The van der Waals surface area contributed by atoms with Crippen LogP contribution >= 0.6 is 24.2 Å². The highest BCUT2D eigenvalue weighted by Crippen LogP contribution is 2.21. The third-order valence-electron chi connectivity index (χ3n) is 2.27. The molecule has 0 saturated heterocycles. The highest BCUT2D eigenvalue weighted by Gasteiger charge is 2.07. The first-order valence-corrected chi connectivity index (χ1v) is 6.25. The van der Waals surface area contributed by atoms with Crippen molar-refractivity contribution >= 4 is 24.2 Å². The lowest BCUT2D eigenvalue weighted by Crippen LogP contribution is -2.12. The van der Waals surface area contributed by atoms with Crippen LogP contribution in [0, 0.1) is 5.92 Å². The van der Waals surface area contributed by atoms with Crippen molar-refractivity contribution in [1.29, 1.82) is 0 Å². The summed E-state index contributed by atoms with van der Waals surface area (Å²) in [6.45, 7) is 4.41. The molecule has 1 atom stereocenters. The summed E-state index contributed by atoms with van der Waals surface area (Å²) in [4.78, 5) is 1.30. The molecule has 0 aliphatic rings. The second kappa shape index (κ2) is 7.15. The minimum Gasteiger partial charge on any atom is -0.324 e. The molecule has 1 aromatic carbocycles. The molecule has 0 amide bonds. The molecule has 1 nitrogen and oxygen atoms in total. The van der Waals surface area contributed by atoms with E-state index in [0.29, 0.717) is 5.92 Å². The van der Waals surface area contributed by atoms with E-state index in [1.54, 1.807) is 11.8 Å². The maximum Gasteiger partial charge on any atom is 0.0297 e. The van der Waals surface area contributed by atoms with E-state index in [9.17, 15) is 0 Å². The highest BCUT2D eigenvalue weighted by atomic mass is 35.5. The highest BCUT2D eigenvalue weighted by molar-refractivity contribution is 7.98. The molecule has 15 heavy (non-hydrogen) atoms. The molecule has 0 spiro atoms. The Morgan fingerprint density at radius 1 is 1.20 bits per heavy atom. The summed E-state index contributed by atoms with van der Waals surface area (Å²) in [6, 6.07) is 8.74. The number of rotatable bonds is 4. The molecule has 1 aromatic rings. The fourth-order valence-electron chi connectivity index (χ4n) is 1.50. The third-order valence-corrected chi connectivity index (χ3v) is 3.01. The number of halogens is 1. The van der Waals surface area contributed by atoms with Gasteiger partial charge in [-0.05, 0) is 36.3 Å². The van der Waals surface area contributed by atoms with Crippen molar-refractivity contribution in [1.82, 2.24) is 0 Å². The van der Waals surface area contributed by atoms with E-state index < -0.39 is 0 Å². The second-order valence-corrected chi connectivity index (χ2v) is 4.89. The van der Waals surface area contributed by atoms with Gasteiger partial charge in [-0.2, -0.15) is 0 Å². The fourth-order valence-corrected chi connectivity index (χ4v) is 1.90. The first-order chi connectivity index (χ1) is 6.63. The molecule has 0 bridgehead atoms. The second-order valence-electron chi connectivity index (χ2n) is 4.01. The van der Waals surface area contributed by atoms with Crippen LogP contribution in [0.15, 0.2) is 29.2 Å². The lowest BCUT2D eigenvalue weighted by molar-refractivity contribution is 0.510. The molecule has 0 aliphatic heterocycles. The Bertz CT molecular complexity index is 271. The summed E-state index contributed by atoms with van der Waals surface area (Å²) in [5.74, 6) is 0.658. The number of benzene rings is 1. The summed E-state index contributed by atoms with van der Waals surface area (Å²) in [7, 11) is 0. The third kappa shape index (κ3) is 4.92. The summed E-state index contributed by atoms with van der Waals surface area (Å²) >= 11 is 1.76. The van der Waals surface area contributed by atoms with Gasteiger partial charge in [0.2, 0.25) is 0 Å². The van der Waals surface area contributed by atoms with E-state index in [0.717, 1.165) is 6.42 Å². The van der Waals surface area contributed by atoms with Crippen molar-refractivity contribution in [3.63, 3.8) is 0 Å². The van der Waals surface area contributed by atoms with Crippen LogP contribution in [0.5, 0.6) is 0 Å². The number of nitrogens with two attached hydrogens (primary N) is 1. The van der Waals surface area contributed by atoms with Gasteiger partial charge in [-0.25, -0.2) is 0 Å². The van der Waals surface area contributed by atoms with Crippen molar-refractivity contribution in [3.8, 4) is 0 Å². The smallest absolute Gasteiger partial charge is 0.0297 e. The SMILES string of the molecule is CSc1ccc(C(N)CC(C)C)cc1.Cl. The zero-order chi connectivity index (χ0) is 10.6. The van der Waals surface area contributed by atoms with Crippen molar-refractivity contribution in [2.75, 3.05) is 6.26 Å². The fraction of sp³-hybridized carbons (Fsp3) is 0.500. The van der Waals surface area contributed by atoms with Gasteiger partial charge in [0.25, 0.3) is 0 Å². The Hall–Kier alpha value is -0.180. The Morgan fingerprint density at radius 3 is 2.13 bits per heavy atom. The number of thioether (sulfide) groups is 1. The molecule has 0 aliphatic carbocycles. The molecule has 0 heterocycles. The topological polar surface area (TPSA) is 26.0 Å². The van der Waals surface area contributed by atoms with Gasteiger partial charge in [-0.1, -0.05) is 26.0 Å². The van der Waals surface area contributed by atoms with Crippen molar-refractivity contribution in [2.24, 2.45) is 11.7 Å². The average Bonchev–Trinajstić information content (AvgIpc) is 2.17. The van der Waals surface area contributed by atoms with Gasteiger partial charge in [0.05, 0.1) is 0 Å². The monoisotopic (exact) mass is 245 g/mol. The lowest BCUT2D eigenvalue weighted by atomic mass is 9.98. The maximum absolute atomic E-state index is 6.08. The van der Waals surface area contributed by atoms with Gasteiger partial charge in [0.1, 0.15) is 0 Å². The van der Waals surface area contributed by atoms with E-state index in [4.69, 9.17) is 5.73 Å². The standard InChI is InChI=1S/C12H19NS.ClH/c1-9(2)8-12(13)10-4-6-11(14-3)7-5-10;/h4-7,9,12H,8,13H2,1-3H3;1H. The van der Waals surface area contributed by atoms with E-state index in [-0.39, 0.29) is 18.4 Å². The molecule has 3 heteroatoms. The molecule has 2 N–H and O–H groups in total. The first-order valence-electron chi connectivity index (χ1n) is 5.03. The molecular weight excluding hydrogens is 226 g/mol. The van der Waals surface area contributed by atoms with Crippen LogP contribution in [0.1, 0.15) is 31.9 Å². The molecular formula is C12H20ClNS. The lowest BCUT2D eigenvalue weighted by Gasteiger charge is -2.14. The van der Waals surface area contributed by atoms with Crippen LogP contribution in [0.2, 0.25) is 0 Å². The number of hydrogen-bond acceptors (Lipinski definition) is 2. The van der Waals surface area contributed by atoms with E-state index in [1.807, 2.05) is 0 Å². The van der Waals surface area contributed by atoms with Crippen LogP contribution in [-0.4, -0.2) is 6.26 Å². The zero-order valence-corrected chi connectivity index (χ0v) is 11.2. The first kappa shape index (κ1) is 14.8. The molecule has 0 saturated carbocycles. The normalized spacial score (nSPS) is 12.3. The Kier molecular flexibility index (Phi) is 7.07. The minimum atomic E-state index is 0. The average molecular weight is 246 g/mol. The zero-order valence-electron chi connectivity index (χ0n) is 9.57. The van der Waals surface area contributed by atoms with Crippen LogP contribution in [0.4, 0.5) is 0 Å². The summed E-state index contributed by atoms with van der Waals surface area (Å²) in [5, 5.41) is 0. The summed E-state index contributed by atoms with van der Waals surface area (Å²) < 4.78 is 0. The predicted octanol–water partition coefficient (Wildman–Crippen LogP) is 3.88. The van der Waals surface area contributed by atoms with Crippen LogP contribution in [0.3, 0.4) is 0 Å². The molecule has 1 rings (SSSR count). The Morgan fingerprint density at radius 2 is 1.73 bits per heavy atom. The van der Waals surface area contributed by atoms with Crippen molar-refractivity contribution < 1.29 is 0 Å². The van der Waals surface area contributed by atoms with E-state index in [2.05, 4.69) is 44.4 Å². The number of hydrogen-bond donors (Lipinski definition) is 1. The van der Waals surface area contributed by atoms with Gasteiger partial charge >= 0.3 is 0 Å². The van der Waals surface area contributed by atoms with Crippen molar-refractivity contribution in [2.45, 2.75) is 31.2 Å². The molecule has 1 unspecified atom stereocenters. The van der Waals surface area contributed by atoms with E-state index in [1.165, 1.54) is 10.5 Å². The van der Waals surface area contributed by atoms with Gasteiger partial charge < -0.3 is 5.73 Å². The predicted molar refractivity (Wildman–Crippen MR) is 71.9 cm³/mol. The molecule has 0 radical (unpaired) electrons. The summed E-state index contributed by atoms with van der Waals surface area (Å²) in [5.41, 5.74) is 7.33. The molecule has 0 aromatic heterocycles. The van der Waals surface area contributed by atoms with Gasteiger partial charge in [-0.15, -0.1) is 24.2 Å². The summed E-state index contributed by atoms with van der Waals surface area (Å²) in [6.07, 6.45) is 3.14. The quantitative estimate of drug-likeness (QED) is 0.815. The largest absolute Gasteiger partial charge is 0.324 e. The van der Waals surface area contributed by atoms with Gasteiger partial charge in [0, 0.05) is 10.9 Å². The maximum atomic E-state index is 6.08. The van der Waals surface area contributed by atoms with E-state index >= 15 is 0 Å². The molecule has 86 valence electrons. The van der Waals surface area contributed by atoms with Gasteiger partial charge in [0.15, 0.2) is 0 Å². The van der Waals surface area contributed by atoms with Crippen LogP contribution < -0.4 is 5.73 Å². The Balaban J connectivity index is 0.00000196.